The molecule has 0 aliphatic carbocycles. The van der Waals surface area contributed by atoms with E-state index in [1.54, 1.807) is 6.92 Å². The smallest absolute Gasteiger partial charge is 0.266 e. The first-order valence-corrected chi connectivity index (χ1v) is 9.24. The molecule has 0 radical (unpaired) electrons. The second-order valence-electron chi connectivity index (χ2n) is 7.26. The molecular formula is C19H26N4O2. The van der Waals surface area contributed by atoms with Gasteiger partial charge in [0.15, 0.2) is 0 Å². The first-order chi connectivity index (χ1) is 12.1. The maximum Gasteiger partial charge on any atom is 0.266 e. The fourth-order valence-corrected chi connectivity index (χ4v) is 4.06. The standard InChI is InChI=1S/C19H26N4O2/c1-14-16(10-20)18(24)21-11-17(14)19(25)23-9-5-6-15(13-23)12-22-7-3-2-4-8-22/h11,15H,2-9,12-13H2,1H3,(H,21,24)/t15-/m1/s1. The Labute approximate surface area is 148 Å². The Bertz CT molecular complexity index is 728. The lowest BCUT2D eigenvalue weighted by Gasteiger charge is -2.37. The summed E-state index contributed by atoms with van der Waals surface area (Å²) < 4.78 is 0. The van der Waals surface area contributed by atoms with E-state index in [4.69, 9.17) is 5.26 Å². The molecule has 1 aromatic rings. The number of rotatable bonds is 3. The number of nitrogens with zero attached hydrogens (tertiary/aromatic N) is 3. The van der Waals surface area contributed by atoms with Gasteiger partial charge in [-0.25, -0.2) is 0 Å². The molecule has 134 valence electrons. The first kappa shape index (κ1) is 17.7. The predicted octanol–water partition coefficient (Wildman–Crippen LogP) is 1.89. The Hall–Kier alpha value is -2.13. The third kappa shape index (κ3) is 3.93. The van der Waals surface area contributed by atoms with E-state index in [0.29, 0.717) is 17.0 Å². The molecule has 2 aliphatic rings. The molecular weight excluding hydrogens is 316 g/mol. The van der Waals surface area contributed by atoms with Crippen molar-refractivity contribution in [1.82, 2.24) is 14.8 Å². The zero-order valence-corrected chi connectivity index (χ0v) is 14.9. The SMILES string of the molecule is Cc1c(C(=O)N2CCC[C@H](CN3CCCCC3)C2)c[nH]c(=O)c1C#N. The van der Waals surface area contributed by atoms with Gasteiger partial charge in [-0.2, -0.15) is 5.26 Å². The van der Waals surface area contributed by atoms with Crippen LogP contribution in [0.5, 0.6) is 0 Å². The van der Waals surface area contributed by atoms with Crippen molar-refractivity contribution in [2.75, 3.05) is 32.7 Å². The number of amides is 1. The topological polar surface area (TPSA) is 80.2 Å². The number of hydrogen-bond donors (Lipinski definition) is 1. The number of pyridine rings is 1. The zero-order chi connectivity index (χ0) is 17.8. The summed E-state index contributed by atoms with van der Waals surface area (Å²) in [6.07, 6.45) is 7.52. The number of carbonyl (C=O) groups is 1. The number of nitriles is 1. The molecule has 0 aromatic carbocycles. The lowest BCUT2D eigenvalue weighted by Crippen LogP contribution is -2.45. The number of aromatic amines is 1. The number of likely N-dealkylation sites (tertiary alicyclic amines) is 2. The van der Waals surface area contributed by atoms with Gasteiger partial charge in [0.05, 0.1) is 5.56 Å². The van der Waals surface area contributed by atoms with Crippen molar-refractivity contribution >= 4 is 5.91 Å². The van der Waals surface area contributed by atoms with Crippen molar-refractivity contribution in [1.29, 1.82) is 5.26 Å². The fourth-order valence-electron chi connectivity index (χ4n) is 4.06. The van der Waals surface area contributed by atoms with Crippen LogP contribution in [0.1, 0.15) is 53.6 Å². The van der Waals surface area contributed by atoms with Crippen molar-refractivity contribution in [2.24, 2.45) is 5.92 Å². The molecule has 2 aliphatic heterocycles. The average molecular weight is 342 g/mol. The maximum atomic E-state index is 12.9. The molecule has 0 unspecified atom stereocenters. The second kappa shape index (κ2) is 7.83. The molecule has 25 heavy (non-hydrogen) atoms. The number of hydrogen-bond acceptors (Lipinski definition) is 4. The van der Waals surface area contributed by atoms with Crippen LogP contribution in [0.3, 0.4) is 0 Å². The van der Waals surface area contributed by atoms with Crippen LogP contribution in [0.2, 0.25) is 0 Å². The molecule has 1 N–H and O–H groups in total. The van der Waals surface area contributed by atoms with Crippen molar-refractivity contribution in [2.45, 2.75) is 39.0 Å². The molecule has 6 heteroatoms. The Kier molecular flexibility index (Phi) is 5.54. The molecule has 1 aromatic heterocycles. The fraction of sp³-hybridized carbons (Fsp3) is 0.632. The summed E-state index contributed by atoms with van der Waals surface area (Å²) in [6, 6.07) is 1.90. The van der Waals surface area contributed by atoms with E-state index < -0.39 is 5.56 Å². The van der Waals surface area contributed by atoms with Crippen LogP contribution in [0.25, 0.3) is 0 Å². The number of piperidine rings is 2. The first-order valence-electron chi connectivity index (χ1n) is 9.24. The Balaban J connectivity index is 1.70. The lowest BCUT2D eigenvalue weighted by molar-refractivity contribution is 0.0629. The highest BCUT2D eigenvalue weighted by Gasteiger charge is 2.27. The molecule has 0 saturated carbocycles. The molecule has 0 spiro atoms. The van der Waals surface area contributed by atoms with E-state index in [0.717, 1.165) is 32.5 Å². The zero-order valence-electron chi connectivity index (χ0n) is 14.9. The summed E-state index contributed by atoms with van der Waals surface area (Å²) in [5.74, 6) is 0.433. The van der Waals surface area contributed by atoms with Gasteiger partial charge >= 0.3 is 0 Å². The van der Waals surface area contributed by atoms with Gasteiger partial charge in [0.25, 0.3) is 11.5 Å². The summed E-state index contributed by atoms with van der Waals surface area (Å²) >= 11 is 0. The van der Waals surface area contributed by atoms with Crippen LogP contribution in [0.15, 0.2) is 11.0 Å². The van der Waals surface area contributed by atoms with E-state index in [-0.39, 0.29) is 11.5 Å². The van der Waals surface area contributed by atoms with E-state index in [1.165, 1.54) is 38.5 Å². The van der Waals surface area contributed by atoms with Gasteiger partial charge in [0.1, 0.15) is 11.6 Å². The van der Waals surface area contributed by atoms with Crippen LogP contribution >= 0.6 is 0 Å². The third-order valence-electron chi connectivity index (χ3n) is 5.47. The second-order valence-corrected chi connectivity index (χ2v) is 7.26. The maximum absolute atomic E-state index is 12.9. The van der Waals surface area contributed by atoms with Crippen molar-refractivity contribution < 1.29 is 4.79 Å². The average Bonchev–Trinajstić information content (AvgIpc) is 2.63. The molecule has 0 bridgehead atoms. The number of aromatic nitrogens is 1. The summed E-state index contributed by atoms with van der Waals surface area (Å²) in [5, 5.41) is 9.14. The number of nitrogens with one attached hydrogen (secondary N) is 1. The summed E-state index contributed by atoms with van der Waals surface area (Å²) in [6.45, 7) is 6.60. The van der Waals surface area contributed by atoms with E-state index in [9.17, 15) is 9.59 Å². The van der Waals surface area contributed by atoms with Crippen molar-refractivity contribution in [3.05, 3.63) is 33.2 Å². The van der Waals surface area contributed by atoms with Gasteiger partial charge in [-0.15, -0.1) is 0 Å². The molecule has 1 atom stereocenters. The minimum atomic E-state index is -0.432. The van der Waals surface area contributed by atoms with E-state index in [1.807, 2.05) is 11.0 Å². The monoisotopic (exact) mass is 342 g/mol. The predicted molar refractivity (Wildman–Crippen MR) is 95.4 cm³/mol. The quantitative estimate of drug-likeness (QED) is 0.910. The normalized spacial score (nSPS) is 21.8. The van der Waals surface area contributed by atoms with Crippen LogP contribution in [-0.4, -0.2) is 53.4 Å². The summed E-state index contributed by atoms with van der Waals surface area (Å²) in [7, 11) is 0. The molecule has 1 amide bonds. The van der Waals surface area contributed by atoms with E-state index in [2.05, 4.69) is 9.88 Å². The minimum absolute atomic E-state index is 0.0349. The molecule has 6 nitrogen and oxygen atoms in total. The summed E-state index contributed by atoms with van der Waals surface area (Å²) in [4.78, 5) is 31.5. The third-order valence-corrected chi connectivity index (χ3v) is 5.47. The van der Waals surface area contributed by atoms with Gasteiger partial charge in [-0.1, -0.05) is 6.42 Å². The highest BCUT2D eigenvalue weighted by atomic mass is 16.2. The molecule has 2 fully saturated rings. The van der Waals surface area contributed by atoms with Crippen LogP contribution < -0.4 is 5.56 Å². The number of carbonyl (C=O) groups excluding carboxylic acids is 1. The Morgan fingerprint density at radius 2 is 2.04 bits per heavy atom. The molecule has 3 rings (SSSR count). The van der Waals surface area contributed by atoms with Gasteiger partial charge in [0, 0.05) is 25.8 Å². The van der Waals surface area contributed by atoms with Gasteiger partial charge in [-0.3, -0.25) is 9.59 Å². The van der Waals surface area contributed by atoms with Crippen LogP contribution in [0.4, 0.5) is 0 Å². The Morgan fingerprint density at radius 3 is 2.76 bits per heavy atom. The summed E-state index contributed by atoms with van der Waals surface area (Å²) in [5.41, 5.74) is 0.523. The minimum Gasteiger partial charge on any atom is -0.338 e. The van der Waals surface area contributed by atoms with E-state index >= 15 is 0 Å². The van der Waals surface area contributed by atoms with Crippen LogP contribution in [0, 0.1) is 24.2 Å². The largest absolute Gasteiger partial charge is 0.338 e. The van der Waals surface area contributed by atoms with Crippen molar-refractivity contribution in [3.8, 4) is 6.07 Å². The number of H-pyrrole nitrogens is 1. The van der Waals surface area contributed by atoms with Crippen LogP contribution in [-0.2, 0) is 0 Å². The lowest BCUT2D eigenvalue weighted by atomic mass is 9.95. The molecule has 2 saturated heterocycles. The van der Waals surface area contributed by atoms with Crippen molar-refractivity contribution in [3.63, 3.8) is 0 Å². The highest BCUT2D eigenvalue weighted by molar-refractivity contribution is 5.95. The Morgan fingerprint density at radius 1 is 1.28 bits per heavy atom. The van der Waals surface area contributed by atoms with Gasteiger partial charge < -0.3 is 14.8 Å². The highest BCUT2D eigenvalue weighted by Crippen LogP contribution is 2.22. The molecule has 3 heterocycles. The van der Waals surface area contributed by atoms with Gasteiger partial charge in [-0.05, 0) is 57.2 Å². The van der Waals surface area contributed by atoms with Gasteiger partial charge in [0.2, 0.25) is 0 Å².